The molecule has 0 fully saturated rings. The van der Waals surface area contributed by atoms with E-state index in [1.165, 1.54) is 21.3 Å². The van der Waals surface area contributed by atoms with Gasteiger partial charge in [-0.1, -0.05) is 25.1 Å². The first-order valence-corrected chi connectivity index (χ1v) is 12.6. The highest BCUT2D eigenvalue weighted by Crippen LogP contribution is 2.59. The van der Waals surface area contributed by atoms with Gasteiger partial charge in [-0.3, -0.25) is 0 Å². The lowest BCUT2D eigenvalue weighted by Crippen LogP contribution is -2.43. The quantitative estimate of drug-likeness (QED) is 0.438. The first-order chi connectivity index (χ1) is 18.8. The minimum atomic E-state index is -1.51. The number of carbonyl (C=O) groups is 1. The van der Waals surface area contributed by atoms with Gasteiger partial charge in [-0.25, -0.2) is 4.79 Å². The molecule has 39 heavy (non-hydrogen) atoms. The van der Waals surface area contributed by atoms with Crippen molar-refractivity contribution in [3.05, 3.63) is 59.2 Å². The molecule has 0 aromatic heterocycles. The van der Waals surface area contributed by atoms with E-state index in [1.54, 1.807) is 44.4 Å². The van der Waals surface area contributed by atoms with Crippen LogP contribution in [0, 0.1) is 5.92 Å². The third-order valence-corrected chi connectivity index (χ3v) is 7.59. The van der Waals surface area contributed by atoms with Crippen molar-refractivity contribution in [2.24, 2.45) is 5.92 Å². The molecule has 0 radical (unpaired) electrons. The van der Waals surface area contributed by atoms with Crippen LogP contribution in [-0.2, 0) is 11.2 Å². The molecule has 3 aromatic rings. The summed E-state index contributed by atoms with van der Waals surface area (Å²) in [5.74, 6) is 1.51. The SMILES string of the molecule is COc1cc2c(c(OC)c1OC)-c1c(cc3c(c1OC)OCO3)C[C@@H](C)[C@@](C)(O)C2OC(=O)c1ccccc1. The Bertz CT molecular complexity index is 1400. The van der Waals surface area contributed by atoms with Gasteiger partial charge in [0, 0.05) is 16.7 Å². The molecule has 5 rings (SSSR count). The second-order valence-electron chi connectivity index (χ2n) is 9.77. The summed E-state index contributed by atoms with van der Waals surface area (Å²) in [7, 11) is 6.08. The van der Waals surface area contributed by atoms with E-state index in [1.807, 2.05) is 19.1 Å². The Morgan fingerprint density at radius 2 is 1.62 bits per heavy atom. The standard InChI is InChI=1S/C30H32O9/c1-16-12-18-13-21-25(38-15-37-21)26(35-5)22(18)23-19(14-20(33-3)24(34-4)27(23)36-6)28(30(16,2)32)39-29(31)17-10-8-7-9-11-17/h7-11,13-14,16,28,32H,12,15H2,1-6H3/t16-,28?,30-/m1/s1. The first-order valence-electron chi connectivity index (χ1n) is 12.6. The summed E-state index contributed by atoms with van der Waals surface area (Å²) in [5, 5.41) is 12.1. The van der Waals surface area contributed by atoms with Crippen molar-refractivity contribution < 1.29 is 43.1 Å². The second kappa shape index (κ2) is 10.2. The zero-order chi connectivity index (χ0) is 27.9. The Morgan fingerprint density at radius 3 is 2.26 bits per heavy atom. The molecule has 9 nitrogen and oxygen atoms in total. The molecule has 0 saturated heterocycles. The Kier molecular flexibility index (Phi) is 6.94. The topological polar surface area (TPSA) is 102 Å². The summed E-state index contributed by atoms with van der Waals surface area (Å²) < 4.78 is 40.9. The molecular weight excluding hydrogens is 504 g/mol. The van der Waals surface area contributed by atoms with Crippen molar-refractivity contribution in [1.29, 1.82) is 0 Å². The highest BCUT2D eigenvalue weighted by Gasteiger charge is 2.47. The van der Waals surface area contributed by atoms with Crippen molar-refractivity contribution in [2.75, 3.05) is 35.2 Å². The van der Waals surface area contributed by atoms with E-state index in [4.69, 9.17) is 33.2 Å². The van der Waals surface area contributed by atoms with Crippen LogP contribution in [0.15, 0.2) is 42.5 Å². The predicted octanol–water partition coefficient (Wildman–Crippen LogP) is 4.96. The predicted molar refractivity (Wildman–Crippen MR) is 142 cm³/mol. The van der Waals surface area contributed by atoms with Crippen LogP contribution >= 0.6 is 0 Å². The van der Waals surface area contributed by atoms with Crippen molar-refractivity contribution in [3.8, 4) is 45.6 Å². The summed E-state index contributed by atoms with van der Waals surface area (Å²) in [6.07, 6.45) is -0.710. The van der Waals surface area contributed by atoms with Gasteiger partial charge in [0.2, 0.25) is 18.3 Å². The van der Waals surface area contributed by atoms with Gasteiger partial charge in [-0.15, -0.1) is 0 Å². The summed E-state index contributed by atoms with van der Waals surface area (Å²) >= 11 is 0. The van der Waals surface area contributed by atoms with E-state index < -0.39 is 17.7 Å². The average molecular weight is 537 g/mol. The van der Waals surface area contributed by atoms with E-state index in [-0.39, 0.29) is 12.7 Å². The molecule has 0 spiro atoms. The summed E-state index contributed by atoms with van der Waals surface area (Å²) in [4.78, 5) is 13.4. The fourth-order valence-corrected chi connectivity index (χ4v) is 5.37. The number of hydrogen-bond acceptors (Lipinski definition) is 9. The van der Waals surface area contributed by atoms with Gasteiger partial charge in [0.25, 0.3) is 0 Å². The number of hydrogen-bond donors (Lipinski definition) is 1. The molecule has 0 saturated carbocycles. The fourth-order valence-electron chi connectivity index (χ4n) is 5.37. The van der Waals surface area contributed by atoms with Crippen molar-refractivity contribution in [1.82, 2.24) is 0 Å². The van der Waals surface area contributed by atoms with Gasteiger partial charge in [0.15, 0.2) is 29.1 Å². The molecule has 0 bridgehead atoms. The molecule has 2 aliphatic rings. The molecular formula is C30H32O9. The first kappa shape index (κ1) is 26.5. The zero-order valence-electron chi connectivity index (χ0n) is 22.8. The number of aliphatic hydroxyl groups is 1. The molecule has 3 atom stereocenters. The molecule has 3 aromatic carbocycles. The monoisotopic (exact) mass is 536 g/mol. The third-order valence-electron chi connectivity index (χ3n) is 7.59. The van der Waals surface area contributed by atoms with Crippen LogP contribution in [0.25, 0.3) is 11.1 Å². The lowest BCUT2D eigenvalue weighted by Gasteiger charge is -2.41. The lowest BCUT2D eigenvalue weighted by molar-refractivity contribution is -0.107. The molecule has 9 heteroatoms. The van der Waals surface area contributed by atoms with Crippen LogP contribution in [0.3, 0.4) is 0 Å². The number of esters is 1. The molecule has 1 heterocycles. The molecule has 1 unspecified atom stereocenters. The summed E-state index contributed by atoms with van der Waals surface area (Å²) in [5.41, 5.74) is 1.34. The number of ether oxygens (including phenoxy) is 7. The van der Waals surface area contributed by atoms with E-state index in [2.05, 4.69) is 0 Å². The lowest BCUT2D eigenvalue weighted by atomic mass is 9.73. The number of carbonyl (C=O) groups excluding carboxylic acids is 1. The van der Waals surface area contributed by atoms with Crippen LogP contribution in [0.1, 0.15) is 41.4 Å². The smallest absolute Gasteiger partial charge is 0.338 e. The van der Waals surface area contributed by atoms with E-state index in [0.717, 1.165) is 5.56 Å². The third kappa shape index (κ3) is 4.27. The van der Waals surface area contributed by atoms with Gasteiger partial charge in [0.1, 0.15) is 5.60 Å². The number of fused-ring (bicyclic) bond motifs is 4. The number of methoxy groups -OCH3 is 4. The van der Waals surface area contributed by atoms with Crippen molar-refractivity contribution >= 4 is 5.97 Å². The fraction of sp³-hybridized carbons (Fsp3) is 0.367. The van der Waals surface area contributed by atoms with Gasteiger partial charge < -0.3 is 38.3 Å². The van der Waals surface area contributed by atoms with Crippen LogP contribution in [0.5, 0.6) is 34.5 Å². The maximum atomic E-state index is 13.4. The van der Waals surface area contributed by atoms with Gasteiger partial charge in [0.05, 0.1) is 34.0 Å². The highest BCUT2D eigenvalue weighted by atomic mass is 16.7. The Labute approximate surface area is 227 Å². The van der Waals surface area contributed by atoms with E-state index in [9.17, 15) is 9.90 Å². The molecule has 1 aliphatic carbocycles. The average Bonchev–Trinajstić information content (AvgIpc) is 3.42. The Hall–Kier alpha value is -4.11. The summed E-state index contributed by atoms with van der Waals surface area (Å²) in [6, 6.07) is 12.3. The van der Waals surface area contributed by atoms with Gasteiger partial charge >= 0.3 is 5.97 Å². The number of benzene rings is 3. The Balaban J connectivity index is 1.87. The largest absolute Gasteiger partial charge is 0.493 e. The number of rotatable bonds is 6. The van der Waals surface area contributed by atoms with Gasteiger partial charge in [-0.2, -0.15) is 0 Å². The van der Waals surface area contributed by atoms with Crippen molar-refractivity contribution in [3.63, 3.8) is 0 Å². The van der Waals surface area contributed by atoms with Crippen molar-refractivity contribution in [2.45, 2.75) is 32.0 Å². The molecule has 1 N–H and O–H groups in total. The van der Waals surface area contributed by atoms with Crippen LogP contribution < -0.4 is 28.4 Å². The van der Waals surface area contributed by atoms with E-state index >= 15 is 0 Å². The molecule has 206 valence electrons. The Morgan fingerprint density at radius 1 is 0.923 bits per heavy atom. The molecule has 0 amide bonds. The van der Waals surface area contributed by atoms with Gasteiger partial charge in [-0.05, 0) is 49.1 Å². The normalized spacial score (nSPS) is 21.1. The zero-order valence-corrected chi connectivity index (χ0v) is 22.8. The highest BCUT2D eigenvalue weighted by molar-refractivity contribution is 5.91. The van der Waals surface area contributed by atoms with Crippen LogP contribution in [-0.4, -0.2) is 51.9 Å². The van der Waals surface area contributed by atoms with Crippen LogP contribution in [0.4, 0.5) is 0 Å². The van der Waals surface area contributed by atoms with E-state index in [0.29, 0.717) is 63.2 Å². The molecule has 1 aliphatic heterocycles. The summed E-state index contributed by atoms with van der Waals surface area (Å²) in [6.45, 7) is 3.63. The minimum Gasteiger partial charge on any atom is -0.493 e. The minimum absolute atomic E-state index is 0.0507. The second-order valence-corrected chi connectivity index (χ2v) is 9.77. The maximum Gasteiger partial charge on any atom is 0.338 e. The van der Waals surface area contributed by atoms with Crippen LogP contribution in [0.2, 0.25) is 0 Å². The maximum absolute atomic E-state index is 13.4.